The van der Waals surface area contributed by atoms with E-state index in [2.05, 4.69) is 20.8 Å². The number of amidine groups is 1. The molecule has 1 N–H and O–H groups in total. The highest BCUT2D eigenvalue weighted by atomic mass is 35.5. The predicted octanol–water partition coefficient (Wildman–Crippen LogP) is 6.86. The van der Waals surface area contributed by atoms with E-state index in [0.29, 0.717) is 21.6 Å². The zero-order valence-electron chi connectivity index (χ0n) is 14.0. The van der Waals surface area contributed by atoms with Crippen molar-refractivity contribution in [3.63, 3.8) is 0 Å². The van der Waals surface area contributed by atoms with Gasteiger partial charge in [0.15, 0.2) is 0 Å². The minimum absolute atomic E-state index is 0.468. The second-order valence-electron chi connectivity index (χ2n) is 5.60. The van der Waals surface area contributed by atoms with Gasteiger partial charge >= 0.3 is 0 Å². The lowest BCUT2D eigenvalue weighted by Gasteiger charge is -2.04. The molecule has 3 aromatic carbocycles. The summed E-state index contributed by atoms with van der Waals surface area (Å²) < 4.78 is 0. The molecular weight excluding hydrogens is 367 g/mol. The number of nitrogens with zero attached hydrogens (tertiary/aromatic N) is 3. The summed E-state index contributed by atoms with van der Waals surface area (Å²) in [5, 5.41) is 14.3. The number of hydrogen-bond donors (Lipinski definition) is 1. The van der Waals surface area contributed by atoms with Crippen molar-refractivity contribution >= 4 is 40.4 Å². The van der Waals surface area contributed by atoms with E-state index in [1.54, 1.807) is 36.4 Å². The Morgan fingerprint density at radius 2 is 1.35 bits per heavy atom. The third kappa shape index (κ3) is 5.15. The van der Waals surface area contributed by atoms with E-state index < -0.39 is 0 Å². The molecule has 3 rings (SSSR count). The van der Waals surface area contributed by atoms with Crippen LogP contribution in [-0.4, -0.2) is 5.84 Å². The van der Waals surface area contributed by atoms with Crippen LogP contribution in [-0.2, 0) is 0 Å². The van der Waals surface area contributed by atoms with Gasteiger partial charge in [-0.05, 0) is 55.5 Å². The van der Waals surface area contributed by atoms with Crippen LogP contribution < -0.4 is 5.43 Å². The molecule has 0 radical (unpaired) electrons. The SMILES string of the molecule is Cc1ccc(/C(N=Nc2ccc(Cl)cc2)=N\Nc2ccc(Cl)cc2)cc1. The van der Waals surface area contributed by atoms with Gasteiger partial charge in [-0.15, -0.1) is 10.2 Å². The molecule has 0 fully saturated rings. The Kier molecular flexibility index (Phi) is 6.00. The van der Waals surface area contributed by atoms with Crippen LogP contribution in [0.5, 0.6) is 0 Å². The molecule has 3 aromatic rings. The molecule has 0 amide bonds. The molecule has 0 aliphatic carbocycles. The number of azo groups is 1. The second kappa shape index (κ2) is 8.61. The average Bonchev–Trinajstić information content (AvgIpc) is 2.65. The van der Waals surface area contributed by atoms with Crippen molar-refractivity contribution in [2.24, 2.45) is 15.3 Å². The van der Waals surface area contributed by atoms with E-state index in [1.165, 1.54) is 0 Å². The fourth-order valence-electron chi connectivity index (χ4n) is 2.10. The Labute approximate surface area is 162 Å². The highest BCUT2D eigenvalue weighted by Gasteiger charge is 2.03. The number of aryl methyl sites for hydroxylation is 1. The first-order chi connectivity index (χ1) is 12.6. The Bertz CT molecular complexity index is 916. The number of hydrogen-bond acceptors (Lipinski definition) is 3. The van der Waals surface area contributed by atoms with Crippen molar-refractivity contribution in [3.8, 4) is 0 Å². The zero-order valence-corrected chi connectivity index (χ0v) is 15.5. The molecule has 0 saturated carbocycles. The van der Waals surface area contributed by atoms with Crippen molar-refractivity contribution in [1.29, 1.82) is 0 Å². The first kappa shape index (κ1) is 18.1. The van der Waals surface area contributed by atoms with Crippen molar-refractivity contribution < 1.29 is 0 Å². The van der Waals surface area contributed by atoms with Crippen molar-refractivity contribution in [2.75, 3.05) is 5.43 Å². The maximum atomic E-state index is 5.91. The van der Waals surface area contributed by atoms with Crippen LogP contribution >= 0.6 is 23.2 Å². The van der Waals surface area contributed by atoms with Gasteiger partial charge in [0.1, 0.15) is 0 Å². The zero-order chi connectivity index (χ0) is 18.4. The fraction of sp³-hybridized carbons (Fsp3) is 0.0500. The summed E-state index contributed by atoms with van der Waals surface area (Å²) in [6.45, 7) is 2.03. The third-order valence-electron chi connectivity index (χ3n) is 3.53. The number of nitrogens with one attached hydrogen (secondary N) is 1. The van der Waals surface area contributed by atoms with Crippen LogP contribution in [0.3, 0.4) is 0 Å². The van der Waals surface area contributed by atoms with Crippen molar-refractivity contribution in [1.82, 2.24) is 0 Å². The van der Waals surface area contributed by atoms with Crippen LogP contribution in [0.15, 0.2) is 88.1 Å². The number of halogens is 2. The summed E-state index contributed by atoms with van der Waals surface area (Å²) in [5.74, 6) is 0.468. The lowest BCUT2D eigenvalue weighted by Crippen LogP contribution is -2.01. The van der Waals surface area contributed by atoms with Gasteiger partial charge < -0.3 is 0 Å². The maximum Gasteiger partial charge on any atom is 0.201 e. The van der Waals surface area contributed by atoms with Crippen molar-refractivity contribution in [2.45, 2.75) is 6.92 Å². The van der Waals surface area contributed by atoms with Gasteiger partial charge in [0.25, 0.3) is 0 Å². The first-order valence-corrected chi connectivity index (χ1v) is 8.69. The molecule has 0 spiro atoms. The summed E-state index contributed by atoms with van der Waals surface area (Å²) in [5.41, 5.74) is 6.50. The Balaban J connectivity index is 1.87. The predicted molar refractivity (Wildman–Crippen MR) is 109 cm³/mol. The molecule has 0 bridgehead atoms. The number of hydrazone groups is 1. The molecular formula is C20H16Cl2N4. The summed E-state index contributed by atoms with van der Waals surface area (Å²) >= 11 is 11.8. The molecule has 6 heteroatoms. The minimum atomic E-state index is 0.468. The molecule has 4 nitrogen and oxygen atoms in total. The van der Waals surface area contributed by atoms with Gasteiger partial charge in [-0.1, -0.05) is 53.0 Å². The summed E-state index contributed by atoms with van der Waals surface area (Å²) in [4.78, 5) is 0. The van der Waals surface area contributed by atoms with E-state index in [9.17, 15) is 0 Å². The van der Waals surface area contributed by atoms with E-state index in [0.717, 1.165) is 16.8 Å². The molecule has 0 atom stereocenters. The van der Waals surface area contributed by atoms with Gasteiger partial charge in [0, 0.05) is 15.6 Å². The van der Waals surface area contributed by atoms with Gasteiger partial charge in [-0.2, -0.15) is 5.10 Å². The number of anilines is 1. The summed E-state index contributed by atoms with van der Waals surface area (Å²) in [6.07, 6.45) is 0. The first-order valence-electron chi connectivity index (χ1n) is 7.94. The Hall–Kier alpha value is -2.69. The maximum absolute atomic E-state index is 5.91. The van der Waals surface area contributed by atoms with E-state index in [-0.39, 0.29) is 0 Å². The molecule has 0 aliphatic heterocycles. The van der Waals surface area contributed by atoms with Gasteiger partial charge in [0.2, 0.25) is 5.84 Å². The highest BCUT2D eigenvalue weighted by Crippen LogP contribution is 2.18. The Morgan fingerprint density at radius 3 is 1.96 bits per heavy atom. The lowest BCUT2D eigenvalue weighted by atomic mass is 10.1. The lowest BCUT2D eigenvalue weighted by molar-refractivity contribution is 1.22. The van der Waals surface area contributed by atoms with Crippen LogP contribution in [0.2, 0.25) is 10.0 Å². The monoisotopic (exact) mass is 382 g/mol. The van der Waals surface area contributed by atoms with Gasteiger partial charge in [0.05, 0.1) is 11.4 Å². The molecule has 0 heterocycles. The molecule has 130 valence electrons. The normalized spacial score (nSPS) is 11.7. The fourth-order valence-corrected chi connectivity index (χ4v) is 2.35. The van der Waals surface area contributed by atoms with Gasteiger partial charge in [-0.25, -0.2) is 0 Å². The highest BCUT2D eigenvalue weighted by molar-refractivity contribution is 6.30. The van der Waals surface area contributed by atoms with Crippen LogP contribution in [0.4, 0.5) is 11.4 Å². The molecule has 0 aromatic heterocycles. The van der Waals surface area contributed by atoms with Crippen molar-refractivity contribution in [3.05, 3.63) is 94.0 Å². The number of benzene rings is 3. The van der Waals surface area contributed by atoms with Gasteiger partial charge in [-0.3, -0.25) is 5.43 Å². The average molecular weight is 383 g/mol. The van der Waals surface area contributed by atoms with E-state index in [1.807, 2.05) is 43.3 Å². The van der Waals surface area contributed by atoms with Crippen LogP contribution in [0, 0.1) is 6.92 Å². The standard InChI is InChI=1S/C20H16Cl2N4/c1-14-2-4-15(5-3-14)20(25-23-18-10-6-16(21)7-11-18)26-24-19-12-8-17(22)9-13-19/h2-13,23H,1H3/b25-20+,26-24?. The molecule has 0 unspecified atom stereocenters. The second-order valence-corrected chi connectivity index (χ2v) is 6.47. The van der Waals surface area contributed by atoms with E-state index >= 15 is 0 Å². The molecule has 26 heavy (non-hydrogen) atoms. The largest absolute Gasteiger partial charge is 0.276 e. The molecule has 0 aliphatic rings. The van der Waals surface area contributed by atoms with Crippen LogP contribution in [0.1, 0.15) is 11.1 Å². The summed E-state index contributed by atoms with van der Waals surface area (Å²) in [7, 11) is 0. The summed E-state index contributed by atoms with van der Waals surface area (Å²) in [6, 6.07) is 22.3. The van der Waals surface area contributed by atoms with Crippen LogP contribution in [0.25, 0.3) is 0 Å². The third-order valence-corrected chi connectivity index (χ3v) is 4.04. The minimum Gasteiger partial charge on any atom is -0.276 e. The smallest absolute Gasteiger partial charge is 0.201 e. The number of rotatable bonds is 4. The Morgan fingerprint density at radius 1 is 0.769 bits per heavy atom. The topological polar surface area (TPSA) is 49.1 Å². The molecule has 0 saturated heterocycles. The van der Waals surface area contributed by atoms with E-state index in [4.69, 9.17) is 23.2 Å². The quantitative estimate of drug-likeness (QED) is 0.228.